The van der Waals surface area contributed by atoms with Gasteiger partial charge in [0.25, 0.3) is 5.91 Å². The Hall–Kier alpha value is -2.93. The van der Waals surface area contributed by atoms with E-state index < -0.39 is 0 Å². The van der Waals surface area contributed by atoms with Gasteiger partial charge < -0.3 is 15.0 Å². The number of methoxy groups -OCH3 is 1. The van der Waals surface area contributed by atoms with Crippen LogP contribution in [0.2, 0.25) is 0 Å². The molecule has 1 aromatic heterocycles. The zero-order valence-electron chi connectivity index (χ0n) is 16.1. The van der Waals surface area contributed by atoms with Gasteiger partial charge in [-0.1, -0.05) is 12.1 Å². The van der Waals surface area contributed by atoms with E-state index in [2.05, 4.69) is 36.3 Å². The Kier molecular flexibility index (Phi) is 5.76. The van der Waals surface area contributed by atoms with Crippen LogP contribution in [-0.2, 0) is 0 Å². The summed E-state index contributed by atoms with van der Waals surface area (Å²) >= 11 is 3.42. The van der Waals surface area contributed by atoms with Crippen LogP contribution in [0.15, 0.2) is 59.1 Å². The molecule has 1 amide bonds. The van der Waals surface area contributed by atoms with Crippen molar-refractivity contribution >= 4 is 33.3 Å². The predicted molar refractivity (Wildman–Crippen MR) is 118 cm³/mol. The van der Waals surface area contributed by atoms with Gasteiger partial charge in [-0.15, -0.1) is 10.2 Å². The van der Waals surface area contributed by atoms with Crippen LogP contribution in [-0.4, -0.2) is 36.3 Å². The van der Waals surface area contributed by atoms with Crippen LogP contribution in [0.1, 0.15) is 23.2 Å². The standard InChI is InChI=1S/C22H21BrN4O2/c1-29-17-7-8-19(23)18(14-17)22(28)24-16-6-4-5-15(13-16)20-9-10-21(26-25-20)27-11-2-3-12-27/h4-10,13-14H,2-3,11-12H2,1H3,(H,24,28). The van der Waals surface area contributed by atoms with Gasteiger partial charge in [0.1, 0.15) is 5.75 Å². The van der Waals surface area contributed by atoms with Crippen molar-refractivity contribution in [1.29, 1.82) is 0 Å². The summed E-state index contributed by atoms with van der Waals surface area (Å²) < 4.78 is 5.92. The van der Waals surface area contributed by atoms with Gasteiger partial charge >= 0.3 is 0 Å². The lowest BCUT2D eigenvalue weighted by molar-refractivity contribution is 0.102. The topological polar surface area (TPSA) is 67.3 Å². The Morgan fingerprint density at radius 1 is 1.07 bits per heavy atom. The van der Waals surface area contributed by atoms with E-state index in [4.69, 9.17) is 4.74 Å². The number of halogens is 1. The van der Waals surface area contributed by atoms with Crippen molar-refractivity contribution in [2.45, 2.75) is 12.8 Å². The lowest BCUT2D eigenvalue weighted by Crippen LogP contribution is -2.19. The highest BCUT2D eigenvalue weighted by Gasteiger charge is 2.15. The molecule has 4 rings (SSSR count). The Bertz CT molecular complexity index is 1020. The number of rotatable bonds is 5. The minimum Gasteiger partial charge on any atom is -0.497 e. The lowest BCUT2D eigenvalue weighted by atomic mass is 10.1. The van der Waals surface area contributed by atoms with E-state index >= 15 is 0 Å². The van der Waals surface area contributed by atoms with E-state index in [1.54, 1.807) is 25.3 Å². The zero-order valence-corrected chi connectivity index (χ0v) is 17.6. The molecule has 0 unspecified atom stereocenters. The number of nitrogens with one attached hydrogen (secondary N) is 1. The molecule has 1 saturated heterocycles. The van der Waals surface area contributed by atoms with Crippen LogP contribution in [0.5, 0.6) is 5.75 Å². The van der Waals surface area contributed by atoms with Gasteiger partial charge in [0.2, 0.25) is 0 Å². The van der Waals surface area contributed by atoms with Crippen molar-refractivity contribution in [3.8, 4) is 17.0 Å². The van der Waals surface area contributed by atoms with Crippen molar-refractivity contribution < 1.29 is 9.53 Å². The maximum absolute atomic E-state index is 12.7. The SMILES string of the molecule is COc1ccc(Br)c(C(=O)Nc2cccc(-c3ccc(N4CCCC4)nn3)c2)c1. The number of aromatic nitrogens is 2. The quantitative estimate of drug-likeness (QED) is 0.603. The van der Waals surface area contributed by atoms with Gasteiger partial charge in [-0.2, -0.15) is 0 Å². The molecule has 7 heteroatoms. The van der Waals surface area contributed by atoms with E-state index in [9.17, 15) is 4.79 Å². The second-order valence-corrected chi connectivity index (χ2v) is 7.71. The summed E-state index contributed by atoms with van der Waals surface area (Å²) in [5.41, 5.74) is 2.86. The van der Waals surface area contributed by atoms with Gasteiger partial charge in [-0.3, -0.25) is 4.79 Å². The number of carbonyl (C=O) groups excluding carboxylic acids is 1. The third-order valence-electron chi connectivity index (χ3n) is 4.91. The molecule has 6 nitrogen and oxygen atoms in total. The minimum atomic E-state index is -0.219. The molecule has 2 heterocycles. The number of hydrogen-bond donors (Lipinski definition) is 1. The molecule has 1 aliphatic rings. The van der Waals surface area contributed by atoms with Gasteiger partial charge in [0.05, 0.1) is 18.4 Å². The van der Waals surface area contributed by atoms with Crippen LogP contribution in [0.4, 0.5) is 11.5 Å². The largest absolute Gasteiger partial charge is 0.497 e. The highest BCUT2D eigenvalue weighted by atomic mass is 79.9. The summed E-state index contributed by atoms with van der Waals surface area (Å²) in [6.07, 6.45) is 2.41. The molecule has 0 spiro atoms. The third-order valence-corrected chi connectivity index (χ3v) is 5.61. The van der Waals surface area contributed by atoms with Crippen LogP contribution in [0, 0.1) is 0 Å². The van der Waals surface area contributed by atoms with Gasteiger partial charge in [-0.25, -0.2) is 0 Å². The van der Waals surface area contributed by atoms with E-state index in [0.717, 1.165) is 30.2 Å². The Morgan fingerprint density at radius 3 is 2.62 bits per heavy atom. The highest BCUT2D eigenvalue weighted by Crippen LogP contribution is 2.26. The number of nitrogens with zero attached hydrogens (tertiary/aromatic N) is 3. The van der Waals surface area contributed by atoms with Crippen molar-refractivity contribution in [3.63, 3.8) is 0 Å². The molecule has 0 radical (unpaired) electrons. The summed E-state index contributed by atoms with van der Waals surface area (Å²) in [5, 5.41) is 11.7. The summed E-state index contributed by atoms with van der Waals surface area (Å²) in [7, 11) is 1.57. The van der Waals surface area contributed by atoms with Crippen molar-refractivity contribution in [2.24, 2.45) is 0 Å². The van der Waals surface area contributed by atoms with Crippen LogP contribution >= 0.6 is 15.9 Å². The minimum absolute atomic E-state index is 0.219. The zero-order chi connectivity index (χ0) is 20.2. The van der Waals surface area contributed by atoms with Crippen molar-refractivity contribution in [1.82, 2.24) is 10.2 Å². The average molecular weight is 453 g/mol. The maximum atomic E-state index is 12.7. The first kappa shape index (κ1) is 19.4. The molecule has 3 aromatic rings. The van der Waals surface area contributed by atoms with Crippen LogP contribution in [0.3, 0.4) is 0 Å². The molecule has 1 fully saturated rings. The fraction of sp³-hybridized carbons (Fsp3) is 0.227. The Balaban J connectivity index is 1.52. The number of ether oxygens (including phenoxy) is 1. The fourth-order valence-electron chi connectivity index (χ4n) is 3.35. The van der Waals surface area contributed by atoms with Crippen LogP contribution < -0.4 is 15.0 Å². The molecule has 1 aliphatic heterocycles. The molecular weight excluding hydrogens is 432 g/mol. The number of anilines is 2. The molecule has 0 bridgehead atoms. The maximum Gasteiger partial charge on any atom is 0.256 e. The normalized spacial score (nSPS) is 13.4. The first-order chi connectivity index (χ1) is 14.1. The second-order valence-electron chi connectivity index (χ2n) is 6.85. The summed E-state index contributed by atoms with van der Waals surface area (Å²) in [4.78, 5) is 15.0. The predicted octanol–water partition coefficient (Wildman–Crippen LogP) is 4.77. The summed E-state index contributed by atoms with van der Waals surface area (Å²) in [6.45, 7) is 2.07. The first-order valence-electron chi connectivity index (χ1n) is 9.48. The molecular formula is C22H21BrN4O2. The third kappa shape index (κ3) is 4.40. The van der Waals surface area contributed by atoms with Gasteiger partial charge in [0, 0.05) is 28.8 Å². The van der Waals surface area contributed by atoms with Crippen LogP contribution in [0.25, 0.3) is 11.3 Å². The first-order valence-corrected chi connectivity index (χ1v) is 10.3. The van der Waals surface area contributed by atoms with Crippen molar-refractivity contribution in [3.05, 3.63) is 64.6 Å². The molecule has 0 atom stereocenters. The summed E-state index contributed by atoms with van der Waals surface area (Å²) in [5.74, 6) is 1.32. The van der Waals surface area contributed by atoms with E-state index in [-0.39, 0.29) is 5.91 Å². The second kappa shape index (κ2) is 8.61. The van der Waals surface area contributed by atoms with E-state index in [1.807, 2.05) is 36.4 Å². The number of amides is 1. The highest BCUT2D eigenvalue weighted by molar-refractivity contribution is 9.10. The molecule has 0 saturated carbocycles. The number of carbonyl (C=O) groups is 1. The fourth-order valence-corrected chi connectivity index (χ4v) is 3.78. The summed E-state index contributed by atoms with van der Waals surface area (Å²) in [6, 6.07) is 16.9. The average Bonchev–Trinajstić information content (AvgIpc) is 3.29. The molecule has 0 aliphatic carbocycles. The van der Waals surface area contributed by atoms with E-state index in [1.165, 1.54) is 12.8 Å². The lowest BCUT2D eigenvalue weighted by Gasteiger charge is -2.15. The van der Waals surface area contributed by atoms with E-state index in [0.29, 0.717) is 21.5 Å². The van der Waals surface area contributed by atoms with Crippen molar-refractivity contribution in [2.75, 3.05) is 30.4 Å². The monoisotopic (exact) mass is 452 g/mol. The number of hydrogen-bond acceptors (Lipinski definition) is 5. The molecule has 2 aromatic carbocycles. The smallest absolute Gasteiger partial charge is 0.256 e. The number of benzene rings is 2. The Labute approximate surface area is 178 Å². The van der Waals surface area contributed by atoms with Gasteiger partial charge in [0.15, 0.2) is 5.82 Å². The molecule has 148 valence electrons. The molecule has 1 N–H and O–H groups in total. The molecule has 29 heavy (non-hydrogen) atoms. The Morgan fingerprint density at radius 2 is 1.90 bits per heavy atom. The van der Waals surface area contributed by atoms with Gasteiger partial charge in [-0.05, 0) is 71.2 Å².